The van der Waals surface area contributed by atoms with Gasteiger partial charge in [-0.1, -0.05) is 22.9 Å². The lowest BCUT2D eigenvalue weighted by Crippen LogP contribution is -2.00. The minimum Gasteiger partial charge on any atom is -0.398 e. The fourth-order valence-electron chi connectivity index (χ4n) is 1.08. The third-order valence-corrected chi connectivity index (χ3v) is 3.59. The van der Waals surface area contributed by atoms with Gasteiger partial charge in [-0.15, -0.1) is 11.8 Å². The molecule has 1 rings (SSSR count). The highest BCUT2D eigenvalue weighted by Gasteiger charge is 2.06. The molecule has 1 aromatic carbocycles. The first-order valence-corrected chi connectivity index (χ1v) is 6.13. The van der Waals surface area contributed by atoms with E-state index in [0.717, 1.165) is 21.5 Å². The largest absolute Gasteiger partial charge is 0.398 e. The first kappa shape index (κ1) is 11.9. The summed E-state index contributed by atoms with van der Waals surface area (Å²) in [5.74, 6) is 0. The zero-order valence-corrected chi connectivity index (χ0v) is 10.4. The maximum atomic E-state index is 8.78. The van der Waals surface area contributed by atoms with Gasteiger partial charge < -0.3 is 10.8 Å². The predicted molar refractivity (Wildman–Crippen MR) is 65.6 cm³/mol. The highest BCUT2D eigenvalue weighted by Crippen LogP contribution is 2.31. The van der Waals surface area contributed by atoms with E-state index in [1.807, 2.05) is 18.2 Å². The van der Waals surface area contributed by atoms with Crippen LogP contribution in [-0.4, -0.2) is 17.0 Å². The van der Waals surface area contributed by atoms with E-state index >= 15 is 0 Å². The molecule has 0 saturated heterocycles. The van der Waals surface area contributed by atoms with Crippen LogP contribution < -0.4 is 5.73 Å². The van der Waals surface area contributed by atoms with E-state index in [0.29, 0.717) is 5.25 Å². The molecule has 0 saturated carbocycles. The second-order valence-electron chi connectivity index (χ2n) is 3.12. The molecule has 14 heavy (non-hydrogen) atoms. The van der Waals surface area contributed by atoms with Crippen molar-refractivity contribution >= 4 is 33.4 Å². The quantitative estimate of drug-likeness (QED) is 0.656. The topological polar surface area (TPSA) is 46.2 Å². The molecule has 0 spiro atoms. The number of aliphatic hydroxyl groups is 1. The lowest BCUT2D eigenvalue weighted by atomic mass is 10.3. The Balaban J connectivity index is 2.67. The number of aliphatic hydroxyl groups excluding tert-OH is 1. The highest BCUT2D eigenvalue weighted by molar-refractivity contribution is 9.10. The van der Waals surface area contributed by atoms with Crippen molar-refractivity contribution in [3.8, 4) is 0 Å². The first-order chi connectivity index (χ1) is 6.63. The Labute approximate surface area is 97.0 Å². The number of nitrogen functional groups attached to an aromatic ring is 1. The summed E-state index contributed by atoms with van der Waals surface area (Å²) < 4.78 is 0.995. The fraction of sp³-hybridized carbons (Fsp3) is 0.400. The van der Waals surface area contributed by atoms with Gasteiger partial charge in [-0.2, -0.15) is 0 Å². The van der Waals surface area contributed by atoms with Gasteiger partial charge >= 0.3 is 0 Å². The molecule has 4 heteroatoms. The van der Waals surface area contributed by atoms with Crippen LogP contribution in [0.15, 0.2) is 27.6 Å². The molecule has 0 heterocycles. The van der Waals surface area contributed by atoms with E-state index in [1.54, 1.807) is 11.8 Å². The van der Waals surface area contributed by atoms with Crippen LogP contribution in [0.25, 0.3) is 0 Å². The predicted octanol–water partition coefficient (Wildman–Crippen LogP) is 2.89. The standard InChI is InChI=1S/C10H14BrNOS/c1-7(4-5-13)14-10-3-2-8(11)6-9(10)12/h2-3,6-7,13H,4-5,12H2,1H3. The third-order valence-electron chi connectivity index (χ3n) is 1.84. The number of thioether (sulfide) groups is 1. The van der Waals surface area contributed by atoms with E-state index in [-0.39, 0.29) is 6.61 Å². The van der Waals surface area contributed by atoms with E-state index in [2.05, 4.69) is 22.9 Å². The molecular weight excluding hydrogens is 262 g/mol. The second-order valence-corrected chi connectivity index (χ2v) is 5.52. The zero-order chi connectivity index (χ0) is 10.6. The van der Waals surface area contributed by atoms with Crippen molar-refractivity contribution in [1.29, 1.82) is 0 Å². The van der Waals surface area contributed by atoms with E-state index < -0.39 is 0 Å². The van der Waals surface area contributed by atoms with Gasteiger partial charge in [0, 0.05) is 26.9 Å². The Kier molecular flexibility index (Phi) is 4.78. The summed E-state index contributed by atoms with van der Waals surface area (Å²) in [6.45, 7) is 2.31. The summed E-state index contributed by atoms with van der Waals surface area (Å²) in [6.07, 6.45) is 0.792. The molecule has 0 amide bonds. The molecule has 0 aromatic heterocycles. The van der Waals surface area contributed by atoms with E-state index in [4.69, 9.17) is 10.8 Å². The Morgan fingerprint density at radius 2 is 2.29 bits per heavy atom. The maximum absolute atomic E-state index is 8.78. The van der Waals surface area contributed by atoms with Crippen molar-refractivity contribution in [2.75, 3.05) is 12.3 Å². The monoisotopic (exact) mass is 275 g/mol. The van der Waals surface area contributed by atoms with Crippen LogP contribution in [0.4, 0.5) is 5.69 Å². The van der Waals surface area contributed by atoms with Crippen molar-refractivity contribution < 1.29 is 5.11 Å². The highest BCUT2D eigenvalue weighted by atomic mass is 79.9. The van der Waals surface area contributed by atoms with Crippen LogP contribution in [0.1, 0.15) is 13.3 Å². The molecule has 1 unspecified atom stereocenters. The van der Waals surface area contributed by atoms with Crippen molar-refractivity contribution in [2.24, 2.45) is 0 Å². The molecular formula is C10H14BrNOS. The Morgan fingerprint density at radius 1 is 1.57 bits per heavy atom. The molecule has 0 bridgehead atoms. The van der Waals surface area contributed by atoms with Gasteiger partial charge in [-0.3, -0.25) is 0 Å². The minimum absolute atomic E-state index is 0.227. The number of halogens is 1. The van der Waals surface area contributed by atoms with E-state index in [1.165, 1.54) is 0 Å². The van der Waals surface area contributed by atoms with Gasteiger partial charge in [0.05, 0.1) is 0 Å². The average Bonchev–Trinajstić information content (AvgIpc) is 2.10. The molecule has 1 atom stereocenters. The van der Waals surface area contributed by atoms with Crippen LogP contribution in [0.5, 0.6) is 0 Å². The Morgan fingerprint density at radius 3 is 2.86 bits per heavy atom. The normalized spacial score (nSPS) is 12.8. The number of anilines is 1. The summed E-state index contributed by atoms with van der Waals surface area (Å²) in [6, 6.07) is 5.87. The average molecular weight is 276 g/mol. The van der Waals surface area contributed by atoms with Crippen LogP contribution in [0.2, 0.25) is 0 Å². The van der Waals surface area contributed by atoms with Gasteiger partial charge in [0.15, 0.2) is 0 Å². The number of hydrogen-bond acceptors (Lipinski definition) is 3. The van der Waals surface area contributed by atoms with Crippen molar-refractivity contribution in [1.82, 2.24) is 0 Å². The van der Waals surface area contributed by atoms with Crippen molar-refractivity contribution in [2.45, 2.75) is 23.5 Å². The summed E-state index contributed by atoms with van der Waals surface area (Å²) in [7, 11) is 0. The van der Waals surface area contributed by atoms with Gasteiger partial charge in [-0.25, -0.2) is 0 Å². The lowest BCUT2D eigenvalue weighted by molar-refractivity contribution is 0.289. The molecule has 0 aliphatic heterocycles. The second kappa shape index (κ2) is 5.63. The Bertz CT molecular complexity index is 306. The van der Waals surface area contributed by atoms with Gasteiger partial charge in [0.2, 0.25) is 0 Å². The Hall–Kier alpha value is -0.190. The van der Waals surface area contributed by atoms with Gasteiger partial charge in [0.1, 0.15) is 0 Å². The van der Waals surface area contributed by atoms with Crippen LogP contribution in [0.3, 0.4) is 0 Å². The minimum atomic E-state index is 0.227. The zero-order valence-electron chi connectivity index (χ0n) is 8.03. The third kappa shape index (κ3) is 3.52. The first-order valence-electron chi connectivity index (χ1n) is 4.46. The maximum Gasteiger partial charge on any atom is 0.0463 e. The van der Waals surface area contributed by atoms with Gasteiger partial charge in [0.25, 0.3) is 0 Å². The smallest absolute Gasteiger partial charge is 0.0463 e. The molecule has 78 valence electrons. The van der Waals surface area contributed by atoms with E-state index in [9.17, 15) is 0 Å². The SMILES string of the molecule is CC(CCO)Sc1ccc(Br)cc1N. The summed E-state index contributed by atoms with van der Waals surface area (Å²) in [5, 5.41) is 9.17. The molecule has 0 aliphatic rings. The summed E-state index contributed by atoms with van der Waals surface area (Å²) in [5.41, 5.74) is 6.64. The van der Waals surface area contributed by atoms with Crippen molar-refractivity contribution in [3.05, 3.63) is 22.7 Å². The number of hydrogen-bond donors (Lipinski definition) is 2. The molecule has 1 aromatic rings. The molecule has 0 fully saturated rings. The summed E-state index contributed by atoms with van der Waals surface area (Å²) >= 11 is 5.06. The van der Waals surface area contributed by atoms with Crippen LogP contribution >= 0.6 is 27.7 Å². The lowest BCUT2D eigenvalue weighted by Gasteiger charge is -2.11. The van der Waals surface area contributed by atoms with Crippen molar-refractivity contribution in [3.63, 3.8) is 0 Å². The van der Waals surface area contributed by atoms with Crippen LogP contribution in [-0.2, 0) is 0 Å². The van der Waals surface area contributed by atoms with Crippen LogP contribution in [0, 0.1) is 0 Å². The molecule has 3 N–H and O–H groups in total. The molecule has 0 aliphatic carbocycles. The fourth-order valence-corrected chi connectivity index (χ4v) is 2.46. The summed E-state index contributed by atoms with van der Waals surface area (Å²) in [4.78, 5) is 1.08. The number of benzene rings is 1. The number of rotatable bonds is 4. The number of nitrogens with two attached hydrogens (primary N) is 1. The van der Waals surface area contributed by atoms with Gasteiger partial charge in [-0.05, 0) is 24.6 Å². The molecule has 2 nitrogen and oxygen atoms in total. The molecule has 0 radical (unpaired) electrons.